The van der Waals surface area contributed by atoms with Crippen LogP contribution in [0.5, 0.6) is 0 Å². The Morgan fingerprint density at radius 2 is 2.12 bits per heavy atom. The maximum Gasteiger partial charge on any atom is 0.226 e. The molecule has 0 bridgehead atoms. The Hall–Kier alpha value is -2.40. The first kappa shape index (κ1) is 15.1. The molecule has 3 aromatic rings. The number of nitrogens with one attached hydrogen (secondary N) is 1. The highest BCUT2D eigenvalue weighted by Gasteiger charge is 2.37. The van der Waals surface area contributed by atoms with Crippen molar-refractivity contribution in [3.63, 3.8) is 0 Å². The number of nitrogens with zero attached hydrogens (tertiary/aromatic N) is 1. The summed E-state index contributed by atoms with van der Waals surface area (Å²) in [5, 5.41) is 5.77. The van der Waals surface area contributed by atoms with Crippen LogP contribution in [0.1, 0.15) is 23.6 Å². The van der Waals surface area contributed by atoms with Gasteiger partial charge in [0.15, 0.2) is 10.8 Å². The lowest BCUT2D eigenvalue weighted by Gasteiger charge is -2.04. The van der Waals surface area contributed by atoms with Gasteiger partial charge in [0, 0.05) is 11.9 Å². The summed E-state index contributed by atoms with van der Waals surface area (Å²) >= 11 is 1.50. The third kappa shape index (κ3) is 3.41. The monoisotopic (exact) mass is 338 g/mol. The van der Waals surface area contributed by atoms with Crippen molar-refractivity contribution in [2.75, 3.05) is 6.54 Å². The van der Waals surface area contributed by atoms with Gasteiger partial charge in [0.2, 0.25) is 5.91 Å². The quantitative estimate of drug-likeness (QED) is 0.742. The van der Waals surface area contributed by atoms with Crippen molar-refractivity contribution in [3.05, 3.63) is 65.4 Å². The van der Waals surface area contributed by atoms with Gasteiger partial charge in [-0.05, 0) is 36.0 Å². The molecule has 122 valence electrons. The normalized spacial score (nSPS) is 19.2. The van der Waals surface area contributed by atoms with E-state index in [0.29, 0.717) is 18.3 Å². The number of hydrogen-bond acceptors (Lipinski definition) is 4. The highest BCUT2D eigenvalue weighted by Crippen LogP contribution is 2.46. The second-order valence-corrected chi connectivity index (χ2v) is 6.97. The number of furan rings is 1. The predicted octanol–water partition coefficient (Wildman–Crippen LogP) is 3.87. The smallest absolute Gasteiger partial charge is 0.226 e. The van der Waals surface area contributed by atoms with Crippen LogP contribution in [-0.4, -0.2) is 17.4 Å². The zero-order valence-corrected chi connectivity index (χ0v) is 14.0. The zero-order valence-electron chi connectivity index (χ0n) is 13.1. The molecule has 2 atom stereocenters. The van der Waals surface area contributed by atoms with E-state index in [0.717, 1.165) is 29.4 Å². The Kier molecular flexibility index (Phi) is 4.17. The third-order valence-electron chi connectivity index (χ3n) is 4.34. The minimum atomic E-state index is 0.0324. The van der Waals surface area contributed by atoms with Crippen molar-refractivity contribution >= 4 is 17.2 Å². The van der Waals surface area contributed by atoms with Crippen LogP contribution >= 0.6 is 11.3 Å². The highest BCUT2D eigenvalue weighted by atomic mass is 32.1. The summed E-state index contributed by atoms with van der Waals surface area (Å²) in [6.07, 6.45) is 3.10. The molecule has 1 saturated carbocycles. The van der Waals surface area contributed by atoms with Crippen LogP contribution in [0.25, 0.3) is 10.8 Å². The molecule has 0 radical (unpaired) electrons. The molecule has 4 rings (SSSR count). The molecular weight excluding hydrogens is 320 g/mol. The largest absolute Gasteiger partial charge is 0.462 e. The van der Waals surface area contributed by atoms with Crippen LogP contribution in [0.3, 0.4) is 0 Å². The van der Waals surface area contributed by atoms with Crippen molar-refractivity contribution in [1.82, 2.24) is 10.3 Å². The fourth-order valence-electron chi connectivity index (χ4n) is 2.96. The summed E-state index contributed by atoms with van der Waals surface area (Å²) in [7, 11) is 0. The van der Waals surface area contributed by atoms with Crippen LogP contribution < -0.4 is 5.32 Å². The first-order valence-corrected chi connectivity index (χ1v) is 8.97. The molecule has 0 spiro atoms. The van der Waals surface area contributed by atoms with Crippen LogP contribution in [0.15, 0.2) is 58.5 Å². The lowest BCUT2D eigenvalue weighted by molar-refractivity contribution is -0.120. The van der Waals surface area contributed by atoms with E-state index in [1.807, 2.05) is 23.6 Å². The molecular formula is C19H18N2O2S. The van der Waals surface area contributed by atoms with E-state index >= 15 is 0 Å². The molecule has 1 aliphatic rings. The van der Waals surface area contributed by atoms with Crippen molar-refractivity contribution in [2.24, 2.45) is 5.92 Å². The predicted molar refractivity (Wildman–Crippen MR) is 93.8 cm³/mol. The first-order chi connectivity index (χ1) is 11.8. The van der Waals surface area contributed by atoms with E-state index in [9.17, 15) is 4.79 Å². The summed E-state index contributed by atoms with van der Waals surface area (Å²) in [5.74, 6) is 1.93. The molecule has 1 fully saturated rings. The molecule has 0 saturated heterocycles. The molecule has 4 nitrogen and oxygen atoms in total. The van der Waals surface area contributed by atoms with Gasteiger partial charge in [-0.1, -0.05) is 30.3 Å². The van der Waals surface area contributed by atoms with Gasteiger partial charge in [-0.3, -0.25) is 4.79 Å². The van der Waals surface area contributed by atoms with E-state index in [1.54, 1.807) is 6.26 Å². The topological polar surface area (TPSA) is 55.1 Å². The molecule has 0 unspecified atom stereocenters. The van der Waals surface area contributed by atoms with Crippen molar-refractivity contribution in [1.29, 1.82) is 0 Å². The van der Waals surface area contributed by atoms with Gasteiger partial charge in [-0.25, -0.2) is 4.98 Å². The van der Waals surface area contributed by atoms with Gasteiger partial charge < -0.3 is 9.73 Å². The van der Waals surface area contributed by atoms with Crippen molar-refractivity contribution < 1.29 is 9.21 Å². The van der Waals surface area contributed by atoms with E-state index in [1.165, 1.54) is 16.9 Å². The molecule has 2 aromatic heterocycles. The average molecular weight is 338 g/mol. The van der Waals surface area contributed by atoms with Crippen LogP contribution in [0.2, 0.25) is 0 Å². The Labute approximate surface area is 144 Å². The summed E-state index contributed by atoms with van der Waals surface area (Å²) in [4.78, 5) is 16.6. The summed E-state index contributed by atoms with van der Waals surface area (Å²) in [6, 6.07) is 14.2. The van der Waals surface area contributed by atoms with E-state index < -0.39 is 0 Å². The van der Waals surface area contributed by atoms with Crippen molar-refractivity contribution in [3.8, 4) is 10.8 Å². The number of benzene rings is 1. The minimum absolute atomic E-state index is 0.0324. The molecule has 2 heterocycles. The fraction of sp³-hybridized carbons (Fsp3) is 0.263. The Balaban J connectivity index is 1.26. The van der Waals surface area contributed by atoms with Crippen LogP contribution in [0, 0.1) is 5.92 Å². The SMILES string of the molecule is O=C(Cc1csc(-c2ccco2)n1)NC[C@H]1C[C@H]1c1ccccc1. The van der Waals surface area contributed by atoms with Crippen LogP contribution in [-0.2, 0) is 11.2 Å². The second-order valence-electron chi connectivity index (χ2n) is 6.12. The standard InChI is InChI=1S/C19H18N2O2S/c22-18(10-15-12-24-19(21-15)17-7-4-8-23-17)20-11-14-9-16(14)13-5-2-1-3-6-13/h1-8,12,14,16H,9-11H2,(H,20,22)/t14-,16+/m1/s1. The van der Waals surface area contributed by atoms with Crippen molar-refractivity contribution in [2.45, 2.75) is 18.8 Å². The van der Waals surface area contributed by atoms with Gasteiger partial charge >= 0.3 is 0 Å². The van der Waals surface area contributed by atoms with Gasteiger partial charge in [0.1, 0.15) is 0 Å². The Bertz CT molecular complexity index is 811. The number of aromatic nitrogens is 1. The lowest BCUT2D eigenvalue weighted by atomic mass is 10.1. The average Bonchev–Trinajstić information content (AvgIpc) is 2.99. The number of carbonyl (C=O) groups excluding carboxylic acids is 1. The molecule has 24 heavy (non-hydrogen) atoms. The molecule has 1 aliphatic carbocycles. The zero-order chi connectivity index (χ0) is 16.4. The van der Waals surface area contributed by atoms with Gasteiger partial charge in [-0.2, -0.15) is 0 Å². The molecule has 1 amide bonds. The number of hydrogen-bond donors (Lipinski definition) is 1. The van der Waals surface area contributed by atoms with E-state index in [4.69, 9.17) is 4.42 Å². The molecule has 1 aromatic carbocycles. The molecule has 0 aliphatic heterocycles. The van der Waals surface area contributed by atoms with Gasteiger partial charge in [-0.15, -0.1) is 11.3 Å². The number of carbonyl (C=O) groups is 1. The maximum atomic E-state index is 12.1. The minimum Gasteiger partial charge on any atom is -0.462 e. The summed E-state index contributed by atoms with van der Waals surface area (Å²) in [5.41, 5.74) is 2.17. The molecule has 1 N–H and O–H groups in total. The first-order valence-electron chi connectivity index (χ1n) is 8.09. The van der Waals surface area contributed by atoms with E-state index in [2.05, 4.69) is 34.6 Å². The second kappa shape index (κ2) is 6.61. The highest BCUT2D eigenvalue weighted by molar-refractivity contribution is 7.13. The summed E-state index contributed by atoms with van der Waals surface area (Å²) in [6.45, 7) is 0.744. The number of amides is 1. The van der Waals surface area contributed by atoms with Gasteiger partial charge in [0.05, 0.1) is 18.4 Å². The Morgan fingerprint density at radius 3 is 2.92 bits per heavy atom. The maximum absolute atomic E-state index is 12.1. The van der Waals surface area contributed by atoms with Crippen LogP contribution in [0.4, 0.5) is 0 Å². The summed E-state index contributed by atoms with van der Waals surface area (Å²) < 4.78 is 5.33. The Morgan fingerprint density at radius 1 is 1.25 bits per heavy atom. The number of rotatable bonds is 6. The van der Waals surface area contributed by atoms with Gasteiger partial charge in [0.25, 0.3) is 0 Å². The van der Waals surface area contributed by atoms with E-state index in [-0.39, 0.29) is 5.91 Å². The lowest BCUT2D eigenvalue weighted by Crippen LogP contribution is -2.27. The molecule has 5 heteroatoms. The fourth-order valence-corrected chi connectivity index (χ4v) is 3.74. The number of thiazole rings is 1. The third-order valence-corrected chi connectivity index (χ3v) is 5.24.